The summed E-state index contributed by atoms with van der Waals surface area (Å²) in [5.74, 6) is -2.54. The lowest BCUT2D eigenvalue weighted by Gasteiger charge is -2.15. The first-order valence-electron chi connectivity index (χ1n) is 12.1. The molecule has 0 atom stereocenters. The molecule has 1 aromatic heterocycles. The maximum Gasteiger partial charge on any atom is 0.490 e. The zero-order chi connectivity index (χ0) is 28.6. The lowest BCUT2D eigenvalue weighted by Crippen LogP contribution is -2.25. The van der Waals surface area contributed by atoms with Crippen LogP contribution in [0.15, 0.2) is 42.5 Å². The fourth-order valence-corrected chi connectivity index (χ4v) is 4.58. The van der Waals surface area contributed by atoms with Gasteiger partial charge in [-0.05, 0) is 68.2 Å². The van der Waals surface area contributed by atoms with E-state index in [9.17, 15) is 22.4 Å². The van der Waals surface area contributed by atoms with Gasteiger partial charge >= 0.3 is 12.1 Å². The molecule has 39 heavy (non-hydrogen) atoms. The zero-order valence-corrected chi connectivity index (χ0v) is 21.9. The van der Waals surface area contributed by atoms with Gasteiger partial charge in [-0.15, -0.1) is 0 Å². The summed E-state index contributed by atoms with van der Waals surface area (Å²) in [4.78, 5) is 28.7. The molecular weight excluding hydrogens is 540 g/mol. The number of ketones is 1. The summed E-state index contributed by atoms with van der Waals surface area (Å²) >= 11 is 1.15. The van der Waals surface area contributed by atoms with Crippen LogP contribution in [-0.2, 0) is 11.2 Å². The molecule has 3 aromatic rings. The van der Waals surface area contributed by atoms with E-state index in [1.165, 1.54) is 18.9 Å². The van der Waals surface area contributed by atoms with Crippen molar-refractivity contribution in [2.24, 2.45) is 0 Å². The number of carboxylic acid groups (broad SMARTS) is 1. The van der Waals surface area contributed by atoms with Gasteiger partial charge in [0.2, 0.25) is 5.78 Å². The molecule has 0 unspecified atom stereocenters. The molecule has 0 aliphatic carbocycles. The van der Waals surface area contributed by atoms with Gasteiger partial charge in [0.05, 0.1) is 0 Å². The summed E-state index contributed by atoms with van der Waals surface area (Å²) in [7, 11) is 0. The minimum atomic E-state index is -5.08. The van der Waals surface area contributed by atoms with Crippen molar-refractivity contribution >= 4 is 39.7 Å². The van der Waals surface area contributed by atoms with Gasteiger partial charge in [0.1, 0.15) is 28.9 Å². The highest BCUT2D eigenvalue weighted by Gasteiger charge is 2.38. The van der Waals surface area contributed by atoms with E-state index in [2.05, 4.69) is 15.2 Å². The first-order chi connectivity index (χ1) is 18.5. The van der Waals surface area contributed by atoms with Crippen molar-refractivity contribution in [2.45, 2.75) is 32.4 Å². The smallest absolute Gasteiger partial charge is 0.490 e. The number of nitrogen functional groups attached to an aromatic ring is 1. The second-order valence-corrected chi connectivity index (χ2v) is 9.57. The molecule has 0 spiro atoms. The number of anilines is 3. The Morgan fingerprint density at radius 2 is 1.79 bits per heavy atom. The van der Waals surface area contributed by atoms with E-state index in [1.807, 2.05) is 31.2 Å². The number of nitrogens with zero attached hydrogens (tertiary/aromatic N) is 2. The first kappa shape index (κ1) is 29.8. The van der Waals surface area contributed by atoms with Gasteiger partial charge in [0, 0.05) is 17.8 Å². The van der Waals surface area contributed by atoms with Crippen molar-refractivity contribution in [1.82, 2.24) is 9.88 Å². The normalized spacial score (nSPS) is 13.5. The van der Waals surface area contributed by atoms with Gasteiger partial charge in [-0.1, -0.05) is 30.4 Å². The molecule has 1 fully saturated rings. The van der Waals surface area contributed by atoms with Gasteiger partial charge in [0.25, 0.3) is 0 Å². The van der Waals surface area contributed by atoms with Crippen molar-refractivity contribution in [3.63, 3.8) is 0 Å². The molecule has 0 radical (unpaired) electrons. The van der Waals surface area contributed by atoms with Gasteiger partial charge in [-0.3, -0.25) is 9.69 Å². The Kier molecular flexibility index (Phi) is 10.2. The number of aliphatic carboxylic acids is 1. The third kappa shape index (κ3) is 8.65. The van der Waals surface area contributed by atoms with Crippen molar-refractivity contribution in [3.8, 4) is 5.75 Å². The van der Waals surface area contributed by atoms with Crippen LogP contribution >= 0.6 is 11.3 Å². The Morgan fingerprint density at radius 1 is 1.15 bits per heavy atom. The summed E-state index contributed by atoms with van der Waals surface area (Å²) in [6, 6.07) is 12.1. The van der Waals surface area contributed by atoms with E-state index in [0.717, 1.165) is 42.4 Å². The number of benzene rings is 2. The maximum atomic E-state index is 14.1. The highest BCUT2D eigenvalue weighted by Crippen LogP contribution is 2.30. The summed E-state index contributed by atoms with van der Waals surface area (Å²) in [6.45, 7) is 5.80. The van der Waals surface area contributed by atoms with Crippen molar-refractivity contribution < 1.29 is 37.0 Å². The molecule has 2 heterocycles. The van der Waals surface area contributed by atoms with Crippen LogP contribution in [0.3, 0.4) is 0 Å². The highest BCUT2D eigenvalue weighted by molar-refractivity contribution is 7.18. The predicted molar refractivity (Wildman–Crippen MR) is 140 cm³/mol. The topological polar surface area (TPSA) is 118 Å². The average molecular weight is 569 g/mol. The number of rotatable bonds is 9. The predicted octanol–water partition coefficient (Wildman–Crippen LogP) is 5.51. The molecular formula is C26H28F4N4O4S. The molecule has 4 rings (SSSR count). The molecule has 0 saturated carbocycles. The van der Waals surface area contributed by atoms with E-state index >= 15 is 0 Å². The van der Waals surface area contributed by atoms with Crippen LogP contribution in [0, 0.1) is 5.82 Å². The third-order valence-corrected chi connectivity index (χ3v) is 6.76. The van der Waals surface area contributed by atoms with Crippen molar-refractivity contribution in [2.75, 3.05) is 37.3 Å². The Morgan fingerprint density at radius 3 is 2.36 bits per heavy atom. The van der Waals surface area contributed by atoms with Crippen molar-refractivity contribution in [3.05, 3.63) is 64.3 Å². The SMILES string of the molecule is CCc1ccc(C(=O)c2sc(Nc3ccc(OCCN4CCCC4)cc3)nc2N)cc1F.O=C(O)C(F)(F)F. The molecule has 13 heteroatoms. The van der Waals surface area contributed by atoms with Gasteiger partial charge < -0.3 is 20.9 Å². The van der Waals surface area contributed by atoms with E-state index in [1.54, 1.807) is 12.1 Å². The quantitative estimate of drug-likeness (QED) is 0.229. The van der Waals surface area contributed by atoms with E-state index in [4.69, 9.17) is 20.4 Å². The van der Waals surface area contributed by atoms with Crippen LogP contribution in [0.2, 0.25) is 0 Å². The minimum absolute atomic E-state index is 0.129. The van der Waals surface area contributed by atoms with Gasteiger partial charge in [-0.25, -0.2) is 14.2 Å². The molecule has 1 aliphatic heterocycles. The molecule has 1 aliphatic rings. The number of likely N-dealkylation sites (tertiary alicyclic amines) is 1. The number of hydrogen-bond donors (Lipinski definition) is 3. The number of nitrogens with two attached hydrogens (primary N) is 1. The van der Waals surface area contributed by atoms with E-state index in [0.29, 0.717) is 23.7 Å². The number of halogens is 4. The standard InChI is InChI=1S/C24H27FN4O2S.C2HF3O2/c1-2-16-5-6-17(15-20(16)25)21(30)22-23(26)28-24(32-22)27-18-7-9-19(10-8-18)31-14-13-29-11-3-4-12-29;3-2(4,5)1(6)7/h5-10,15H,2-4,11-14,26H2,1H3,(H,27,28);(H,6,7). The summed E-state index contributed by atoms with van der Waals surface area (Å²) in [6.07, 6.45) is -1.96. The van der Waals surface area contributed by atoms with Gasteiger partial charge in [-0.2, -0.15) is 13.2 Å². The Hall–Kier alpha value is -3.71. The fourth-order valence-electron chi connectivity index (χ4n) is 3.71. The number of aromatic nitrogens is 1. The monoisotopic (exact) mass is 568 g/mol. The Bertz CT molecular complexity index is 1280. The highest BCUT2D eigenvalue weighted by atomic mass is 32.1. The third-order valence-electron chi connectivity index (χ3n) is 5.78. The molecule has 0 amide bonds. The molecule has 1 saturated heterocycles. The molecule has 2 aromatic carbocycles. The fraction of sp³-hybridized carbons (Fsp3) is 0.346. The number of alkyl halides is 3. The summed E-state index contributed by atoms with van der Waals surface area (Å²) in [5, 5.41) is 10.8. The van der Waals surface area contributed by atoms with Crippen LogP contribution in [0.4, 0.5) is 34.2 Å². The van der Waals surface area contributed by atoms with Crippen LogP contribution in [0.5, 0.6) is 5.75 Å². The minimum Gasteiger partial charge on any atom is -0.492 e. The number of carbonyl (C=O) groups excluding carboxylic acids is 1. The zero-order valence-electron chi connectivity index (χ0n) is 21.1. The average Bonchev–Trinajstić information content (AvgIpc) is 3.54. The summed E-state index contributed by atoms with van der Waals surface area (Å²) < 4.78 is 51.6. The van der Waals surface area contributed by atoms with Gasteiger partial charge in [0.15, 0.2) is 5.13 Å². The van der Waals surface area contributed by atoms with Crippen LogP contribution in [0.1, 0.15) is 40.6 Å². The molecule has 0 bridgehead atoms. The Balaban J connectivity index is 0.000000532. The van der Waals surface area contributed by atoms with E-state index in [-0.39, 0.29) is 27.9 Å². The number of ether oxygens (including phenoxy) is 1. The number of hydrogen-bond acceptors (Lipinski definition) is 8. The lowest BCUT2D eigenvalue weighted by molar-refractivity contribution is -0.192. The number of nitrogens with one attached hydrogen (secondary N) is 1. The second kappa shape index (κ2) is 13.4. The number of carboxylic acids is 1. The van der Waals surface area contributed by atoms with Crippen LogP contribution < -0.4 is 15.8 Å². The Labute approximate surface area is 226 Å². The number of carbonyl (C=O) groups is 2. The largest absolute Gasteiger partial charge is 0.492 e. The first-order valence-corrected chi connectivity index (χ1v) is 12.9. The molecule has 210 valence electrons. The van der Waals surface area contributed by atoms with Crippen molar-refractivity contribution in [1.29, 1.82) is 0 Å². The lowest BCUT2D eigenvalue weighted by atomic mass is 10.1. The maximum absolute atomic E-state index is 14.1. The van der Waals surface area contributed by atoms with E-state index < -0.39 is 12.1 Å². The summed E-state index contributed by atoms with van der Waals surface area (Å²) in [5.41, 5.74) is 7.62. The number of thiazole rings is 1. The van der Waals surface area contributed by atoms with Crippen LogP contribution in [-0.4, -0.2) is 59.2 Å². The molecule has 8 nitrogen and oxygen atoms in total. The van der Waals surface area contributed by atoms with Crippen LogP contribution in [0.25, 0.3) is 0 Å². The number of aryl methyl sites for hydroxylation is 1. The molecule has 4 N–H and O–H groups in total. The second-order valence-electron chi connectivity index (χ2n) is 8.57.